The number of aryl methyl sites for hydroxylation is 2. The van der Waals surface area contributed by atoms with Crippen LogP contribution >= 0.6 is 0 Å². The summed E-state index contributed by atoms with van der Waals surface area (Å²) < 4.78 is 5.98. The predicted molar refractivity (Wildman–Crippen MR) is 71.0 cm³/mol. The quantitative estimate of drug-likeness (QED) is 0.722. The summed E-state index contributed by atoms with van der Waals surface area (Å²) in [6.45, 7) is 10.5. The van der Waals surface area contributed by atoms with Crippen LogP contribution in [0.1, 0.15) is 43.9 Å². The summed E-state index contributed by atoms with van der Waals surface area (Å²) in [4.78, 5) is 0. The lowest BCUT2D eigenvalue weighted by Gasteiger charge is -2.17. The Morgan fingerprint density at radius 3 is 2.56 bits per heavy atom. The van der Waals surface area contributed by atoms with Gasteiger partial charge in [0.05, 0.1) is 6.10 Å². The van der Waals surface area contributed by atoms with Crippen LogP contribution in [0.25, 0.3) is 6.08 Å². The monoisotopic (exact) mass is 218 g/mol. The van der Waals surface area contributed by atoms with Gasteiger partial charge in [-0.3, -0.25) is 0 Å². The second-order valence-corrected chi connectivity index (χ2v) is 4.34. The molecule has 1 atom stereocenters. The molecule has 1 aromatic rings. The molecule has 0 aromatic heterocycles. The van der Waals surface area contributed by atoms with Crippen molar-refractivity contribution in [2.24, 2.45) is 0 Å². The van der Waals surface area contributed by atoms with Gasteiger partial charge in [-0.15, -0.1) is 0 Å². The van der Waals surface area contributed by atoms with E-state index in [1.165, 1.54) is 16.7 Å². The maximum Gasteiger partial charge on any atom is 0.129 e. The molecule has 0 aliphatic carbocycles. The molecule has 1 nitrogen and oxygen atoms in total. The summed E-state index contributed by atoms with van der Waals surface area (Å²) >= 11 is 0. The van der Waals surface area contributed by atoms with Gasteiger partial charge in [0.2, 0.25) is 0 Å². The Labute approximate surface area is 99.1 Å². The van der Waals surface area contributed by atoms with Gasteiger partial charge in [0.25, 0.3) is 0 Å². The number of hydrogen-bond acceptors (Lipinski definition) is 1. The average molecular weight is 218 g/mol. The third-order valence-corrected chi connectivity index (χ3v) is 2.69. The summed E-state index contributed by atoms with van der Waals surface area (Å²) in [5, 5.41) is 0. The summed E-state index contributed by atoms with van der Waals surface area (Å²) in [5.41, 5.74) is 3.68. The molecule has 0 unspecified atom stereocenters. The molecule has 1 aromatic carbocycles. The number of allylic oxidation sites excluding steroid dienone is 1. The lowest BCUT2D eigenvalue weighted by molar-refractivity contribution is 0.215. The molecule has 88 valence electrons. The Morgan fingerprint density at radius 2 is 2.00 bits per heavy atom. The van der Waals surface area contributed by atoms with Gasteiger partial charge in [-0.25, -0.2) is 0 Å². The Hall–Kier alpha value is -1.24. The fourth-order valence-corrected chi connectivity index (χ4v) is 1.74. The first-order valence-electron chi connectivity index (χ1n) is 5.99. The molecule has 0 fully saturated rings. The van der Waals surface area contributed by atoms with Crippen molar-refractivity contribution in [3.05, 3.63) is 34.9 Å². The first-order chi connectivity index (χ1) is 7.58. The van der Waals surface area contributed by atoms with Gasteiger partial charge in [0.15, 0.2) is 0 Å². The van der Waals surface area contributed by atoms with Crippen LogP contribution in [-0.4, -0.2) is 6.10 Å². The van der Waals surface area contributed by atoms with Crippen molar-refractivity contribution in [2.45, 2.75) is 47.1 Å². The molecule has 0 saturated carbocycles. The van der Waals surface area contributed by atoms with Crippen LogP contribution in [0.2, 0.25) is 0 Å². The van der Waals surface area contributed by atoms with Gasteiger partial charge in [0.1, 0.15) is 5.75 Å². The van der Waals surface area contributed by atoms with E-state index < -0.39 is 0 Å². The molecule has 0 amide bonds. The van der Waals surface area contributed by atoms with Crippen molar-refractivity contribution in [1.29, 1.82) is 0 Å². The molecule has 1 heteroatoms. The summed E-state index contributed by atoms with van der Waals surface area (Å²) in [5.74, 6) is 1.03. The molecule has 0 aliphatic rings. The normalized spacial score (nSPS) is 13.1. The first kappa shape index (κ1) is 12.8. The van der Waals surface area contributed by atoms with E-state index in [1.54, 1.807) is 0 Å². The Morgan fingerprint density at radius 1 is 1.31 bits per heavy atom. The van der Waals surface area contributed by atoms with Crippen LogP contribution in [0.15, 0.2) is 18.2 Å². The van der Waals surface area contributed by atoms with E-state index in [0.717, 1.165) is 12.2 Å². The fraction of sp³-hybridized carbons (Fsp3) is 0.467. The number of hydrogen-bond donors (Lipinski definition) is 0. The highest BCUT2D eigenvalue weighted by molar-refractivity contribution is 5.61. The third kappa shape index (κ3) is 3.13. The highest BCUT2D eigenvalue weighted by Crippen LogP contribution is 2.28. The van der Waals surface area contributed by atoms with Gasteiger partial charge in [-0.2, -0.15) is 0 Å². The van der Waals surface area contributed by atoms with Crippen LogP contribution in [0.4, 0.5) is 0 Å². The first-order valence-corrected chi connectivity index (χ1v) is 5.99. The van der Waals surface area contributed by atoms with Gasteiger partial charge >= 0.3 is 0 Å². The molecule has 0 heterocycles. The topological polar surface area (TPSA) is 9.23 Å². The molecule has 0 radical (unpaired) electrons. The van der Waals surface area contributed by atoms with Gasteiger partial charge in [-0.1, -0.05) is 30.7 Å². The molecule has 0 spiro atoms. The molecule has 0 N–H and O–H groups in total. The third-order valence-electron chi connectivity index (χ3n) is 2.69. The largest absolute Gasteiger partial charge is 0.490 e. The minimum absolute atomic E-state index is 0.269. The van der Waals surface area contributed by atoms with E-state index in [2.05, 4.69) is 52.0 Å². The molecule has 1 rings (SSSR count). The lowest BCUT2D eigenvalue weighted by Crippen LogP contribution is -2.11. The standard InChI is InChI=1S/C15H22O/c1-6-8-14-10-11(3)9-12(4)15(14)16-13(5)7-2/h6,8-10,13H,7H2,1-5H3/b8-6+/t13-/m0/s1. The Bertz CT molecular complexity index is 377. The smallest absolute Gasteiger partial charge is 0.129 e. The van der Waals surface area contributed by atoms with Crippen LogP contribution in [0, 0.1) is 13.8 Å². The van der Waals surface area contributed by atoms with Crippen molar-refractivity contribution < 1.29 is 4.74 Å². The zero-order valence-electron chi connectivity index (χ0n) is 11.0. The molecule has 0 aliphatic heterocycles. The highest BCUT2D eigenvalue weighted by atomic mass is 16.5. The molecular formula is C15H22O. The van der Waals surface area contributed by atoms with Crippen molar-refractivity contribution in [3.8, 4) is 5.75 Å². The SMILES string of the molecule is C/C=C/c1cc(C)cc(C)c1O[C@@H](C)CC. The van der Waals surface area contributed by atoms with Crippen LogP contribution < -0.4 is 4.74 Å². The minimum Gasteiger partial charge on any atom is -0.490 e. The molecule has 16 heavy (non-hydrogen) atoms. The average Bonchev–Trinajstić information content (AvgIpc) is 2.23. The van der Waals surface area contributed by atoms with Crippen molar-refractivity contribution >= 4 is 6.08 Å². The van der Waals surface area contributed by atoms with Crippen LogP contribution in [0.5, 0.6) is 5.75 Å². The van der Waals surface area contributed by atoms with E-state index in [-0.39, 0.29) is 6.10 Å². The lowest BCUT2D eigenvalue weighted by atomic mass is 10.0. The summed E-state index contributed by atoms with van der Waals surface area (Å²) in [7, 11) is 0. The fourth-order valence-electron chi connectivity index (χ4n) is 1.74. The van der Waals surface area contributed by atoms with E-state index in [9.17, 15) is 0 Å². The van der Waals surface area contributed by atoms with Crippen LogP contribution in [-0.2, 0) is 0 Å². The number of ether oxygens (including phenoxy) is 1. The molecular weight excluding hydrogens is 196 g/mol. The Kier molecular flexibility index (Phi) is 4.60. The van der Waals surface area contributed by atoms with Gasteiger partial charge in [-0.05, 0) is 45.7 Å². The molecule has 0 bridgehead atoms. The van der Waals surface area contributed by atoms with Gasteiger partial charge < -0.3 is 4.74 Å². The second-order valence-electron chi connectivity index (χ2n) is 4.34. The van der Waals surface area contributed by atoms with Crippen molar-refractivity contribution in [3.63, 3.8) is 0 Å². The summed E-state index contributed by atoms with van der Waals surface area (Å²) in [6.07, 6.45) is 5.46. The number of rotatable bonds is 4. The second kappa shape index (κ2) is 5.74. The van der Waals surface area contributed by atoms with E-state index in [4.69, 9.17) is 4.74 Å². The summed E-state index contributed by atoms with van der Waals surface area (Å²) in [6, 6.07) is 4.34. The highest BCUT2D eigenvalue weighted by Gasteiger charge is 2.09. The molecule has 0 saturated heterocycles. The zero-order valence-corrected chi connectivity index (χ0v) is 11.0. The van der Waals surface area contributed by atoms with E-state index in [0.29, 0.717) is 0 Å². The maximum absolute atomic E-state index is 5.98. The van der Waals surface area contributed by atoms with E-state index in [1.807, 2.05) is 6.92 Å². The van der Waals surface area contributed by atoms with Crippen molar-refractivity contribution in [2.75, 3.05) is 0 Å². The van der Waals surface area contributed by atoms with Crippen molar-refractivity contribution in [1.82, 2.24) is 0 Å². The minimum atomic E-state index is 0.269. The zero-order chi connectivity index (χ0) is 12.1. The van der Waals surface area contributed by atoms with E-state index >= 15 is 0 Å². The number of benzene rings is 1. The Balaban J connectivity index is 3.13. The maximum atomic E-state index is 5.98. The van der Waals surface area contributed by atoms with Crippen LogP contribution in [0.3, 0.4) is 0 Å². The van der Waals surface area contributed by atoms with Gasteiger partial charge in [0, 0.05) is 5.56 Å². The predicted octanol–water partition coefficient (Wildman–Crippen LogP) is 4.51.